The zero-order valence-corrected chi connectivity index (χ0v) is 59.3. The first-order valence-electron chi connectivity index (χ1n) is 34.9. The number of hydrogen-bond donors (Lipinski definition) is 0. The van der Waals surface area contributed by atoms with Crippen molar-refractivity contribution in [1.82, 2.24) is 24.0 Å². The van der Waals surface area contributed by atoms with Gasteiger partial charge in [-0.2, -0.15) is 0 Å². The summed E-state index contributed by atoms with van der Waals surface area (Å²) in [4.78, 5) is 18.1. The van der Waals surface area contributed by atoms with Crippen molar-refractivity contribution in [3.05, 3.63) is 324 Å². The third-order valence-corrected chi connectivity index (χ3v) is 18.9. The summed E-state index contributed by atoms with van der Waals surface area (Å²) in [5.41, 5.74) is 26.5. The molecule has 2 aliphatic carbocycles. The molecule has 3 heterocycles. The van der Waals surface area contributed by atoms with Crippen LogP contribution < -0.4 is 0 Å². The van der Waals surface area contributed by atoms with Crippen LogP contribution in [0.2, 0.25) is 0 Å². The second kappa shape index (κ2) is 27.2. The highest BCUT2D eigenvalue weighted by Crippen LogP contribution is 2.65. The fraction of sp³-hybridized carbons (Fsp3) is 0.228. The van der Waals surface area contributed by atoms with Crippen LogP contribution in [0.25, 0.3) is 89.6 Å². The summed E-state index contributed by atoms with van der Waals surface area (Å²) in [6, 6.07) is 88.5. The van der Waals surface area contributed by atoms with Gasteiger partial charge < -0.3 is 4.90 Å². The number of imidazole rings is 2. The Balaban J connectivity index is 0.000000136. The van der Waals surface area contributed by atoms with Crippen molar-refractivity contribution in [3.63, 3.8) is 0 Å². The van der Waals surface area contributed by atoms with E-state index in [0.717, 1.165) is 87.7 Å². The van der Waals surface area contributed by atoms with Crippen LogP contribution in [0, 0.1) is 30.6 Å². The van der Waals surface area contributed by atoms with Gasteiger partial charge in [0.2, 0.25) is 0 Å². The third-order valence-electron chi connectivity index (χ3n) is 18.9. The van der Waals surface area contributed by atoms with Gasteiger partial charge in [-0.15, -0.1) is 0 Å². The van der Waals surface area contributed by atoms with Crippen molar-refractivity contribution < 1.29 is 0 Å². The van der Waals surface area contributed by atoms with Gasteiger partial charge >= 0.3 is 0 Å². The predicted molar refractivity (Wildman–Crippen MR) is 415 cm³/mol. The fourth-order valence-electron chi connectivity index (χ4n) is 14.8. The molecule has 2 unspecified atom stereocenters. The first-order chi connectivity index (χ1) is 47.2. The maximum absolute atomic E-state index is 5.27. The van der Waals surface area contributed by atoms with Crippen LogP contribution in [0.1, 0.15) is 110 Å². The van der Waals surface area contributed by atoms with Crippen LogP contribution >= 0.6 is 0 Å². The number of amidine groups is 1. The highest BCUT2D eigenvalue weighted by molar-refractivity contribution is 6.05. The second-order valence-corrected chi connectivity index (χ2v) is 30.0. The molecule has 0 amide bonds. The van der Waals surface area contributed by atoms with E-state index in [1.165, 1.54) is 78.1 Å². The number of para-hydroxylation sites is 1. The van der Waals surface area contributed by atoms with Crippen molar-refractivity contribution in [3.8, 4) is 67.5 Å². The lowest BCUT2D eigenvalue weighted by Gasteiger charge is -2.33. The van der Waals surface area contributed by atoms with Crippen LogP contribution in [0.4, 0.5) is 0 Å². The van der Waals surface area contributed by atoms with Crippen molar-refractivity contribution in [2.24, 2.45) is 21.7 Å². The van der Waals surface area contributed by atoms with Gasteiger partial charge in [-0.25, -0.2) is 9.97 Å². The molecule has 0 radical (unpaired) electrons. The van der Waals surface area contributed by atoms with E-state index in [1.807, 2.05) is 6.08 Å². The van der Waals surface area contributed by atoms with Crippen LogP contribution in [0.15, 0.2) is 301 Å². The topological polar surface area (TPSA) is 51.2 Å². The molecule has 490 valence electrons. The number of allylic oxidation sites excluding steroid dienone is 4. The molecule has 0 saturated heterocycles. The number of benzene rings is 10. The Morgan fingerprint density at radius 2 is 0.908 bits per heavy atom. The van der Waals surface area contributed by atoms with E-state index in [9.17, 15) is 0 Å². The lowest BCUT2D eigenvalue weighted by Crippen LogP contribution is -2.40. The number of aromatic nitrogens is 4. The molecule has 6 nitrogen and oxygen atoms in total. The molecule has 98 heavy (non-hydrogen) atoms. The van der Waals surface area contributed by atoms with Gasteiger partial charge in [0.05, 0.1) is 39.0 Å². The Morgan fingerprint density at radius 3 is 1.34 bits per heavy atom. The standard InChI is InChI=1S/C38H28N2.C30H36N2.C24H28N2/c1-27-22-23-36-35(24-27)39-38(31-20-12-5-13-21-31)40(36)37-33(29-16-8-3-9-17-29)25-32(28-14-6-2-7-15-28)26-34(37)30-18-10-4-11-19-30;1-21-16-17-26-25(18-21)31-28(22-12-9-8-10-13-22)32(26)27-23(19-29(2,3)4)14-11-15-24(27)20-30(5,6)7;1-6-21(19(5)14-17(2)3)26-22(20-10-8-7-9-11-20)25-23-15-18(4)12-13-24(23,26)16-23/h2-26H,1H3;8-18H,19-20H2,1-7H3;6-13,15,17H,1,14,16H2,2-5H3/b;;21-19-. The van der Waals surface area contributed by atoms with Gasteiger partial charge in [0.1, 0.15) is 23.0 Å². The zero-order valence-electron chi connectivity index (χ0n) is 59.3. The van der Waals surface area contributed by atoms with E-state index >= 15 is 0 Å². The molecule has 0 bridgehead atoms. The van der Waals surface area contributed by atoms with Gasteiger partial charge in [0.25, 0.3) is 0 Å². The lowest BCUT2D eigenvalue weighted by atomic mass is 9.83. The number of hydrogen-bond acceptors (Lipinski definition) is 4. The molecule has 10 aromatic carbocycles. The Kier molecular flexibility index (Phi) is 18.4. The van der Waals surface area contributed by atoms with Crippen LogP contribution in [-0.4, -0.2) is 40.9 Å². The normalized spacial score (nSPS) is 16.5. The summed E-state index contributed by atoms with van der Waals surface area (Å²) >= 11 is 0. The van der Waals surface area contributed by atoms with Crippen molar-refractivity contribution in [1.29, 1.82) is 0 Å². The molecule has 15 rings (SSSR count). The third kappa shape index (κ3) is 13.5. The number of fused-ring (bicyclic) bond motifs is 2. The van der Waals surface area contributed by atoms with E-state index in [4.69, 9.17) is 15.0 Å². The smallest absolute Gasteiger partial charge is 0.145 e. The van der Waals surface area contributed by atoms with Crippen molar-refractivity contribution in [2.75, 3.05) is 0 Å². The number of rotatable bonds is 14. The Morgan fingerprint density at radius 1 is 0.490 bits per heavy atom. The summed E-state index contributed by atoms with van der Waals surface area (Å²) in [6.45, 7) is 31.3. The van der Waals surface area contributed by atoms with E-state index in [2.05, 4.69) is 371 Å². The molecule has 1 fully saturated rings. The first-order valence-corrected chi connectivity index (χ1v) is 34.9. The van der Waals surface area contributed by atoms with Gasteiger partial charge in [-0.3, -0.25) is 14.1 Å². The molecule has 1 aliphatic heterocycles. The minimum absolute atomic E-state index is 0.0561. The molecule has 2 aromatic heterocycles. The van der Waals surface area contributed by atoms with E-state index in [0.29, 0.717) is 5.92 Å². The van der Waals surface area contributed by atoms with E-state index in [-0.39, 0.29) is 21.9 Å². The van der Waals surface area contributed by atoms with E-state index < -0.39 is 0 Å². The van der Waals surface area contributed by atoms with Crippen LogP contribution in [-0.2, 0) is 12.8 Å². The Hall–Kier alpha value is -10.4. The molecule has 12 aromatic rings. The van der Waals surface area contributed by atoms with Gasteiger partial charge in [-0.1, -0.05) is 298 Å². The Labute approximate surface area is 581 Å². The minimum Gasteiger partial charge on any atom is -0.314 e. The quantitative estimate of drug-likeness (QED) is 0.102. The number of aliphatic imine (C=N–C) groups is 1. The number of aryl methyl sites for hydroxylation is 2. The number of nitrogens with zero attached hydrogens (tertiary/aromatic N) is 6. The maximum Gasteiger partial charge on any atom is 0.145 e. The Bertz CT molecular complexity index is 4900. The molecule has 0 N–H and O–H groups in total. The minimum atomic E-state index is -0.108. The largest absolute Gasteiger partial charge is 0.314 e. The molecular weight excluding hydrogens is 1190 g/mol. The molecule has 3 aliphatic rings. The predicted octanol–water partition coefficient (Wildman–Crippen LogP) is 23.8. The average molecular weight is 1280 g/mol. The van der Waals surface area contributed by atoms with Crippen molar-refractivity contribution >= 4 is 27.9 Å². The van der Waals surface area contributed by atoms with Crippen LogP contribution in [0.5, 0.6) is 0 Å². The van der Waals surface area contributed by atoms with Gasteiger partial charge in [0, 0.05) is 39.9 Å². The summed E-state index contributed by atoms with van der Waals surface area (Å²) in [5, 5.41) is 0. The molecular formula is C92H92N6. The van der Waals surface area contributed by atoms with Gasteiger partial charge in [0.15, 0.2) is 0 Å². The molecule has 1 saturated carbocycles. The highest BCUT2D eigenvalue weighted by Gasteiger charge is 2.74. The summed E-state index contributed by atoms with van der Waals surface area (Å²) < 4.78 is 4.79. The molecule has 2 atom stereocenters. The average Bonchev–Trinajstić information content (AvgIpc) is 1.48. The molecule has 6 heteroatoms. The lowest BCUT2D eigenvalue weighted by molar-refractivity contribution is 0.405. The van der Waals surface area contributed by atoms with Gasteiger partial charge in [-0.05, 0) is 156 Å². The SMILES string of the molecule is C=C/C(=C(\C)CC(C)C)N1C(c2ccccc2)=NC23C=C(C)C=CC12C3.Cc1ccc2c(c1)nc(-c1ccccc1)n2-c1c(-c2ccccc2)cc(-c2ccccc2)cc1-c1ccccc1.Cc1ccc2c(c1)nc(-c1ccccc1)n2-c1c(CC(C)(C)C)cccc1CC(C)(C)C. The van der Waals surface area contributed by atoms with E-state index in [1.54, 1.807) is 0 Å². The summed E-state index contributed by atoms with van der Waals surface area (Å²) in [7, 11) is 0. The summed E-state index contributed by atoms with van der Waals surface area (Å²) in [5.74, 6) is 3.64. The first kappa shape index (κ1) is 66.2. The fourth-order valence-corrected chi connectivity index (χ4v) is 14.8. The second-order valence-electron chi connectivity index (χ2n) is 30.0. The zero-order chi connectivity index (χ0) is 68.5. The maximum atomic E-state index is 5.27. The van der Waals surface area contributed by atoms with Crippen LogP contribution in [0.3, 0.4) is 0 Å². The van der Waals surface area contributed by atoms with Crippen molar-refractivity contribution in [2.45, 2.75) is 120 Å². The monoisotopic (exact) mass is 1280 g/mol. The molecule has 0 spiro atoms. The highest BCUT2D eigenvalue weighted by atomic mass is 15.4. The summed E-state index contributed by atoms with van der Waals surface area (Å²) in [6.07, 6.45) is 13.2.